The van der Waals surface area contributed by atoms with Crippen molar-refractivity contribution in [1.82, 2.24) is 5.06 Å². The molecule has 0 unspecified atom stereocenters. The van der Waals surface area contributed by atoms with E-state index in [9.17, 15) is 4.79 Å². The zero-order valence-electron chi connectivity index (χ0n) is 9.08. The van der Waals surface area contributed by atoms with Crippen LogP contribution in [0.5, 0.6) is 5.75 Å². The first kappa shape index (κ1) is 13.3. The number of ether oxygens (including phenoxy) is 1. The number of rotatable bonds is 3. The molecule has 0 aliphatic heterocycles. The maximum Gasteiger partial charge on any atom is 0.278 e. The third kappa shape index (κ3) is 2.66. The highest BCUT2D eigenvalue weighted by Gasteiger charge is 2.18. The fraction of sp³-hybridized carbons (Fsp3) is 0.300. The summed E-state index contributed by atoms with van der Waals surface area (Å²) in [5.41, 5.74) is 0.317. The first-order valence-corrected chi connectivity index (χ1v) is 5.53. The Bertz CT molecular complexity index is 411. The fourth-order valence-corrected chi connectivity index (χ4v) is 1.82. The van der Waals surface area contributed by atoms with E-state index in [1.54, 1.807) is 12.1 Å². The van der Waals surface area contributed by atoms with E-state index in [1.165, 1.54) is 21.3 Å². The van der Waals surface area contributed by atoms with Crippen molar-refractivity contribution in [1.29, 1.82) is 0 Å². The Kier molecular flexibility index (Phi) is 4.58. The molecule has 0 bridgehead atoms. The van der Waals surface area contributed by atoms with Crippen molar-refractivity contribution in [3.8, 4) is 5.75 Å². The van der Waals surface area contributed by atoms with Crippen LogP contribution in [0.4, 0.5) is 0 Å². The zero-order valence-corrected chi connectivity index (χ0v) is 11.4. The molecule has 0 aromatic heterocycles. The number of nitrogens with zero attached hydrogens (tertiary/aromatic N) is 1. The number of hydrogen-bond acceptors (Lipinski definition) is 3. The van der Waals surface area contributed by atoms with Crippen LogP contribution in [-0.4, -0.2) is 32.2 Å². The lowest BCUT2D eigenvalue weighted by atomic mass is 10.2. The van der Waals surface area contributed by atoms with E-state index in [1.807, 2.05) is 0 Å². The molecule has 4 nitrogen and oxygen atoms in total. The lowest BCUT2D eigenvalue weighted by molar-refractivity contribution is -0.0757. The zero-order chi connectivity index (χ0) is 12.3. The Balaban J connectivity index is 3.23. The van der Waals surface area contributed by atoms with Gasteiger partial charge in [-0.1, -0.05) is 27.5 Å². The van der Waals surface area contributed by atoms with Crippen molar-refractivity contribution in [2.45, 2.75) is 0 Å². The van der Waals surface area contributed by atoms with Gasteiger partial charge in [-0.3, -0.25) is 9.63 Å². The highest BCUT2D eigenvalue weighted by molar-refractivity contribution is 9.10. The number of amides is 1. The minimum absolute atomic E-state index is 0.264. The van der Waals surface area contributed by atoms with Gasteiger partial charge < -0.3 is 4.74 Å². The van der Waals surface area contributed by atoms with Crippen LogP contribution in [0.2, 0.25) is 5.02 Å². The summed E-state index contributed by atoms with van der Waals surface area (Å²) in [6.07, 6.45) is 0. The van der Waals surface area contributed by atoms with Gasteiger partial charge in [-0.05, 0) is 12.1 Å². The molecule has 1 amide bonds. The van der Waals surface area contributed by atoms with Gasteiger partial charge in [0.2, 0.25) is 0 Å². The van der Waals surface area contributed by atoms with Crippen LogP contribution in [0.25, 0.3) is 0 Å². The van der Waals surface area contributed by atoms with E-state index >= 15 is 0 Å². The van der Waals surface area contributed by atoms with Crippen molar-refractivity contribution in [3.63, 3.8) is 0 Å². The first-order valence-electron chi connectivity index (χ1n) is 4.36. The molecule has 0 saturated heterocycles. The lowest BCUT2D eigenvalue weighted by Gasteiger charge is -2.15. The maximum atomic E-state index is 11.9. The Morgan fingerprint density at radius 1 is 1.44 bits per heavy atom. The molecular weight excluding hydrogens is 297 g/mol. The Hall–Kier alpha value is -0.780. The average Bonchev–Trinajstić information content (AvgIpc) is 2.29. The summed E-state index contributed by atoms with van der Waals surface area (Å²) in [6, 6.07) is 3.30. The summed E-state index contributed by atoms with van der Waals surface area (Å²) < 4.78 is 5.77. The Morgan fingerprint density at radius 2 is 2.06 bits per heavy atom. The number of hydroxylamine groups is 2. The topological polar surface area (TPSA) is 38.8 Å². The van der Waals surface area contributed by atoms with Crippen molar-refractivity contribution in [2.24, 2.45) is 0 Å². The van der Waals surface area contributed by atoms with Crippen LogP contribution >= 0.6 is 27.5 Å². The normalized spacial score (nSPS) is 10.1. The quantitative estimate of drug-likeness (QED) is 0.806. The van der Waals surface area contributed by atoms with E-state index in [-0.39, 0.29) is 10.9 Å². The highest BCUT2D eigenvalue weighted by atomic mass is 79.9. The SMILES string of the molecule is COc1cc(Br)cc(C(=O)N(C)OC)c1Cl. The van der Waals surface area contributed by atoms with Crippen LogP contribution in [0.3, 0.4) is 0 Å². The summed E-state index contributed by atoms with van der Waals surface area (Å²) >= 11 is 9.31. The minimum Gasteiger partial charge on any atom is -0.495 e. The molecule has 0 aliphatic carbocycles. The van der Waals surface area contributed by atoms with E-state index in [2.05, 4.69) is 15.9 Å². The van der Waals surface area contributed by atoms with Crippen LogP contribution in [0.15, 0.2) is 16.6 Å². The second-order valence-corrected chi connectivity index (χ2v) is 4.25. The summed E-state index contributed by atoms with van der Waals surface area (Å²) in [4.78, 5) is 16.7. The maximum absolute atomic E-state index is 11.9. The predicted octanol–water partition coefficient (Wildman–Crippen LogP) is 2.74. The smallest absolute Gasteiger partial charge is 0.278 e. The van der Waals surface area contributed by atoms with Crippen LogP contribution in [0, 0.1) is 0 Å². The second kappa shape index (κ2) is 5.52. The summed E-state index contributed by atoms with van der Waals surface area (Å²) in [6.45, 7) is 0. The standard InChI is InChI=1S/C10H11BrClNO3/c1-13(16-3)10(14)7-4-6(11)5-8(15-2)9(7)12/h4-5H,1-3H3. The number of carbonyl (C=O) groups excluding carboxylic acids is 1. The molecule has 0 N–H and O–H groups in total. The van der Waals surface area contributed by atoms with Gasteiger partial charge in [-0.15, -0.1) is 0 Å². The number of hydrogen-bond donors (Lipinski definition) is 0. The van der Waals surface area contributed by atoms with Gasteiger partial charge in [-0.2, -0.15) is 0 Å². The molecule has 0 saturated carbocycles. The molecule has 1 aromatic carbocycles. The molecule has 6 heteroatoms. The molecule has 1 rings (SSSR count). The average molecular weight is 309 g/mol. The van der Waals surface area contributed by atoms with E-state index in [4.69, 9.17) is 21.2 Å². The molecule has 0 fully saturated rings. The summed E-state index contributed by atoms with van der Waals surface area (Å²) in [7, 11) is 4.40. The van der Waals surface area contributed by atoms with Crippen molar-refractivity contribution in [2.75, 3.05) is 21.3 Å². The number of halogens is 2. The van der Waals surface area contributed by atoms with Crippen LogP contribution in [0.1, 0.15) is 10.4 Å². The minimum atomic E-state index is -0.341. The third-order valence-corrected chi connectivity index (χ3v) is 2.86. The number of benzene rings is 1. The molecule has 16 heavy (non-hydrogen) atoms. The summed E-state index contributed by atoms with van der Waals surface area (Å²) in [5, 5.41) is 1.35. The van der Waals surface area contributed by atoms with E-state index < -0.39 is 0 Å². The van der Waals surface area contributed by atoms with Gasteiger partial charge >= 0.3 is 0 Å². The van der Waals surface area contributed by atoms with Gasteiger partial charge in [0.15, 0.2) is 0 Å². The molecule has 0 spiro atoms. The molecule has 0 heterocycles. The van der Waals surface area contributed by atoms with Gasteiger partial charge in [0, 0.05) is 11.5 Å². The Labute approximate surface area is 107 Å². The van der Waals surface area contributed by atoms with Crippen molar-refractivity contribution >= 4 is 33.4 Å². The van der Waals surface area contributed by atoms with E-state index in [0.29, 0.717) is 15.8 Å². The molecular formula is C10H11BrClNO3. The van der Waals surface area contributed by atoms with Gasteiger partial charge in [0.05, 0.1) is 24.8 Å². The van der Waals surface area contributed by atoms with Gasteiger partial charge in [0.1, 0.15) is 5.75 Å². The number of methoxy groups -OCH3 is 1. The third-order valence-electron chi connectivity index (χ3n) is 2.01. The van der Waals surface area contributed by atoms with Crippen LogP contribution < -0.4 is 4.74 Å². The Morgan fingerprint density at radius 3 is 2.56 bits per heavy atom. The molecule has 0 radical (unpaired) electrons. The van der Waals surface area contributed by atoms with Crippen molar-refractivity contribution < 1.29 is 14.4 Å². The molecule has 88 valence electrons. The van der Waals surface area contributed by atoms with Gasteiger partial charge in [-0.25, -0.2) is 5.06 Å². The lowest BCUT2D eigenvalue weighted by Crippen LogP contribution is -2.25. The second-order valence-electron chi connectivity index (χ2n) is 2.95. The van der Waals surface area contributed by atoms with Crippen LogP contribution in [-0.2, 0) is 4.84 Å². The van der Waals surface area contributed by atoms with Crippen molar-refractivity contribution in [3.05, 3.63) is 27.2 Å². The predicted molar refractivity (Wildman–Crippen MR) is 64.8 cm³/mol. The monoisotopic (exact) mass is 307 g/mol. The largest absolute Gasteiger partial charge is 0.495 e. The first-order chi connectivity index (χ1) is 7.51. The fourth-order valence-electron chi connectivity index (χ4n) is 1.12. The number of carbonyl (C=O) groups is 1. The highest BCUT2D eigenvalue weighted by Crippen LogP contribution is 2.32. The molecule has 1 aromatic rings. The molecule has 0 aliphatic rings. The summed E-state index contributed by atoms with van der Waals surface area (Å²) in [5.74, 6) is 0.0935. The molecule has 0 atom stereocenters. The van der Waals surface area contributed by atoms with E-state index in [0.717, 1.165) is 5.06 Å². The van der Waals surface area contributed by atoms with Gasteiger partial charge in [0.25, 0.3) is 5.91 Å².